The fourth-order valence-corrected chi connectivity index (χ4v) is 2.43. The van der Waals surface area contributed by atoms with Crippen LogP contribution in [-0.4, -0.2) is 32.2 Å². The highest BCUT2D eigenvalue weighted by Crippen LogP contribution is 2.23. The van der Waals surface area contributed by atoms with E-state index in [1.54, 1.807) is 43.5 Å². The molecule has 2 aromatic carbocycles. The van der Waals surface area contributed by atoms with E-state index in [0.717, 1.165) is 4.47 Å². The number of para-hydroxylation sites is 1. The van der Waals surface area contributed by atoms with Gasteiger partial charge in [0.05, 0.1) is 26.1 Å². The van der Waals surface area contributed by atoms with Gasteiger partial charge in [-0.15, -0.1) is 0 Å². The molecule has 0 aliphatic heterocycles. The van der Waals surface area contributed by atoms with Gasteiger partial charge in [-0.2, -0.15) is 5.10 Å². The van der Waals surface area contributed by atoms with E-state index in [0.29, 0.717) is 22.7 Å². The third-order valence-electron chi connectivity index (χ3n) is 3.30. The lowest BCUT2D eigenvalue weighted by atomic mass is 10.2. The summed E-state index contributed by atoms with van der Waals surface area (Å²) in [5.74, 6) is 0.228. The number of anilines is 1. The van der Waals surface area contributed by atoms with E-state index in [1.165, 1.54) is 13.3 Å². The summed E-state index contributed by atoms with van der Waals surface area (Å²) < 4.78 is 11.1. The molecule has 0 radical (unpaired) electrons. The van der Waals surface area contributed by atoms with E-state index in [9.17, 15) is 9.59 Å². The zero-order valence-corrected chi connectivity index (χ0v) is 15.9. The number of benzene rings is 2. The molecule has 8 heteroatoms. The fraction of sp³-hybridized carbons (Fsp3) is 0.167. The molecule has 0 aliphatic carbocycles. The van der Waals surface area contributed by atoms with Crippen LogP contribution >= 0.6 is 15.9 Å². The van der Waals surface area contributed by atoms with Crippen molar-refractivity contribution in [3.8, 4) is 11.5 Å². The maximum Gasteiger partial charge on any atom is 0.249 e. The smallest absolute Gasteiger partial charge is 0.249 e. The van der Waals surface area contributed by atoms with Crippen molar-refractivity contribution < 1.29 is 19.1 Å². The first kappa shape index (κ1) is 19.5. The molecule has 0 fully saturated rings. The Morgan fingerprint density at radius 3 is 2.58 bits per heavy atom. The van der Waals surface area contributed by atoms with Crippen molar-refractivity contribution in [2.75, 3.05) is 19.5 Å². The van der Waals surface area contributed by atoms with Crippen LogP contribution in [-0.2, 0) is 9.59 Å². The van der Waals surface area contributed by atoms with Gasteiger partial charge in [-0.1, -0.05) is 12.1 Å². The number of methoxy groups -OCH3 is 2. The van der Waals surface area contributed by atoms with Gasteiger partial charge in [0.2, 0.25) is 11.8 Å². The van der Waals surface area contributed by atoms with Gasteiger partial charge in [-0.3, -0.25) is 9.59 Å². The lowest BCUT2D eigenvalue weighted by molar-refractivity contribution is -0.126. The van der Waals surface area contributed by atoms with Crippen LogP contribution in [0.3, 0.4) is 0 Å². The Kier molecular flexibility index (Phi) is 7.16. The molecular formula is C18H18BrN3O4. The van der Waals surface area contributed by atoms with Crippen LogP contribution in [0.15, 0.2) is 52.0 Å². The van der Waals surface area contributed by atoms with Gasteiger partial charge in [-0.25, -0.2) is 5.43 Å². The summed E-state index contributed by atoms with van der Waals surface area (Å²) in [6.07, 6.45) is 1.08. The number of amides is 2. The first-order valence-corrected chi connectivity index (χ1v) is 8.41. The number of nitrogens with one attached hydrogen (secondary N) is 2. The summed E-state index contributed by atoms with van der Waals surface area (Å²) in [5, 5.41) is 6.50. The Morgan fingerprint density at radius 2 is 1.88 bits per heavy atom. The maximum atomic E-state index is 11.9. The molecule has 26 heavy (non-hydrogen) atoms. The molecule has 7 nitrogen and oxygen atoms in total. The summed E-state index contributed by atoms with van der Waals surface area (Å²) in [4.78, 5) is 23.7. The summed E-state index contributed by atoms with van der Waals surface area (Å²) in [6.45, 7) is 0. The van der Waals surface area contributed by atoms with Crippen molar-refractivity contribution in [3.63, 3.8) is 0 Å². The molecule has 0 heterocycles. The monoisotopic (exact) mass is 419 g/mol. The third kappa shape index (κ3) is 5.59. The molecule has 2 aromatic rings. The molecule has 2 rings (SSSR count). The summed E-state index contributed by atoms with van der Waals surface area (Å²) in [7, 11) is 3.08. The number of nitrogens with zero attached hydrogens (tertiary/aromatic N) is 1. The van der Waals surface area contributed by atoms with Gasteiger partial charge in [0, 0.05) is 16.1 Å². The van der Waals surface area contributed by atoms with Gasteiger partial charge >= 0.3 is 0 Å². The molecule has 0 saturated carbocycles. The van der Waals surface area contributed by atoms with Crippen molar-refractivity contribution in [3.05, 3.63) is 52.5 Å². The van der Waals surface area contributed by atoms with E-state index in [2.05, 4.69) is 31.8 Å². The quantitative estimate of drug-likeness (QED) is 0.410. The number of carbonyl (C=O) groups is 2. The normalized spacial score (nSPS) is 10.4. The first-order chi connectivity index (χ1) is 12.5. The van der Waals surface area contributed by atoms with Crippen LogP contribution in [0.4, 0.5) is 5.69 Å². The second-order valence-corrected chi connectivity index (χ2v) is 5.96. The highest BCUT2D eigenvalue weighted by molar-refractivity contribution is 9.10. The summed E-state index contributed by atoms with van der Waals surface area (Å²) >= 11 is 3.32. The van der Waals surface area contributed by atoms with Gasteiger partial charge in [0.25, 0.3) is 0 Å². The number of rotatable bonds is 7. The minimum atomic E-state index is -0.529. The molecule has 0 aromatic heterocycles. The van der Waals surface area contributed by atoms with Crippen LogP contribution in [0.5, 0.6) is 11.5 Å². The van der Waals surface area contributed by atoms with Crippen molar-refractivity contribution in [1.82, 2.24) is 5.43 Å². The van der Waals surface area contributed by atoms with E-state index in [1.807, 2.05) is 6.07 Å². The average Bonchev–Trinajstić information content (AvgIpc) is 2.63. The van der Waals surface area contributed by atoms with Gasteiger partial charge < -0.3 is 14.8 Å². The molecule has 0 atom stereocenters. The van der Waals surface area contributed by atoms with E-state index in [4.69, 9.17) is 9.47 Å². The fourth-order valence-electron chi connectivity index (χ4n) is 2.04. The van der Waals surface area contributed by atoms with E-state index < -0.39 is 11.8 Å². The number of hydrazone groups is 1. The van der Waals surface area contributed by atoms with Crippen LogP contribution in [0.2, 0.25) is 0 Å². The topological polar surface area (TPSA) is 89.0 Å². The van der Waals surface area contributed by atoms with E-state index in [-0.39, 0.29) is 6.42 Å². The highest BCUT2D eigenvalue weighted by Gasteiger charge is 2.10. The van der Waals surface area contributed by atoms with Gasteiger partial charge in [0.1, 0.15) is 17.9 Å². The van der Waals surface area contributed by atoms with Crippen LogP contribution in [0, 0.1) is 0 Å². The molecule has 0 unspecified atom stereocenters. The molecule has 2 amide bonds. The number of hydrogen-bond acceptors (Lipinski definition) is 5. The molecule has 0 spiro atoms. The minimum Gasteiger partial charge on any atom is -0.497 e. The molecule has 0 bridgehead atoms. The number of carbonyl (C=O) groups excluding carboxylic acids is 2. The largest absolute Gasteiger partial charge is 0.497 e. The Hall–Kier alpha value is -2.87. The van der Waals surface area contributed by atoms with Crippen LogP contribution in [0.1, 0.15) is 12.0 Å². The van der Waals surface area contributed by atoms with Gasteiger partial charge in [-0.05, 0) is 40.2 Å². The second kappa shape index (κ2) is 9.57. The Labute approximate surface area is 159 Å². The summed E-state index contributed by atoms with van der Waals surface area (Å²) in [6, 6.07) is 12.3. The highest BCUT2D eigenvalue weighted by atomic mass is 79.9. The van der Waals surface area contributed by atoms with Crippen LogP contribution < -0.4 is 20.2 Å². The van der Waals surface area contributed by atoms with Gasteiger partial charge in [0.15, 0.2) is 0 Å². The first-order valence-electron chi connectivity index (χ1n) is 7.61. The lowest BCUT2D eigenvalue weighted by Crippen LogP contribution is -2.24. The lowest BCUT2D eigenvalue weighted by Gasteiger charge is -2.07. The second-order valence-electron chi connectivity index (χ2n) is 5.11. The van der Waals surface area contributed by atoms with E-state index >= 15 is 0 Å². The Balaban J connectivity index is 1.89. The maximum absolute atomic E-state index is 11.9. The zero-order valence-electron chi connectivity index (χ0n) is 14.3. The number of hydrogen-bond donors (Lipinski definition) is 2. The van der Waals surface area contributed by atoms with Crippen LogP contribution in [0.25, 0.3) is 0 Å². The zero-order chi connectivity index (χ0) is 18.9. The molecule has 0 aliphatic rings. The molecule has 0 saturated heterocycles. The number of halogens is 1. The molecular weight excluding hydrogens is 402 g/mol. The molecule has 136 valence electrons. The van der Waals surface area contributed by atoms with Crippen molar-refractivity contribution >= 4 is 39.6 Å². The van der Waals surface area contributed by atoms with Crippen molar-refractivity contribution in [2.45, 2.75) is 6.42 Å². The average molecular weight is 420 g/mol. The minimum absolute atomic E-state index is 0.349. The van der Waals surface area contributed by atoms with Crippen molar-refractivity contribution in [1.29, 1.82) is 0 Å². The Bertz CT molecular complexity index is 824. The predicted molar refractivity (Wildman–Crippen MR) is 103 cm³/mol. The predicted octanol–water partition coefficient (Wildman–Crippen LogP) is 2.95. The van der Waals surface area contributed by atoms with Crippen molar-refractivity contribution in [2.24, 2.45) is 5.10 Å². The SMILES string of the molecule is COc1ccc(C=NNC(=O)CC(=O)Nc2ccccc2Br)c(OC)c1. The standard InChI is InChI=1S/C18H18BrN3O4/c1-25-13-8-7-12(16(9-13)26-2)11-20-22-18(24)10-17(23)21-15-6-4-3-5-14(15)19/h3-9,11H,10H2,1-2H3,(H,21,23)(H,22,24). The number of ether oxygens (including phenoxy) is 2. The Morgan fingerprint density at radius 1 is 1.12 bits per heavy atom. The molecule has 2 N–H and O–H groups in total. The third-order valence-corrected chi connectivity index (χ3v) is 3.99. The summed E-state index contributed by atoms with van der Waals surface area (Å²) in [5.41, 5.74) is 3.57.